The highest BCUT2D eigenvalue weighted by Gasteiger charge is 1.98. The summed E-state index contributed by atoms with van der Waals surface area (Å²) in [6.07, 6.45) is 3.21. The minimum absolute atomic E-state index is 0.401. The molecule has 0 unspecified atom stereocenters. The van der Waals surface area contributed by atoms with Crippen LogP contribution in [0.5, 0.6) is 0 Å². The maximum Gasteiger partial charge on any atom is 0.187 e. The Bertz CT molecular complexity index is 614. The van der Waals surface area contributed by atoms with Crippen molar-refractivity contribution in [2.24, 2.45) is 5.10 Å². The van der Waals surface area contributed by atoms with Crippen LogP contribution in [0.25, 0.3) is 0 Å². The number of nitrogens with one attached hydrogen (secondary N) is 2. The zero-order chi connectivity index (χ0) is 14.4. The lowest BCUT2D eigenvalue weighted by Crippen LogP contribution is -2.31. The molecule has 4 nitrogen and oxygen atoms in total. The van der Waals surface area contributed by atoms with Crippen LogP contribution in [0, 0.1) is 0 Å². The van der Waals surface area contributed by atoms with E-state index in [0.717, 1.165) is 11.3 Å². The third-order valence-electron chi connectivity index (χ3n) is 2.33. The Morgan fingerprint density at radius 3 is 2.85 bits per heavy atom. The maximum absolute atomic E-state index is 5.90. The number of hydrazone groups is 1. The lowest BCUT2D eigenvalue weighted by atomic mass is 10.2. The second-order valence-corrected chi connectivity index (χ2v) is 5.03. The second-order valence-electron chi connectivity index (χ2n) is 3.81. The highest BCUT2D eigenvalue weighted by Crippen LogP contribution is 2.21. The molecule has 0 spiro atoms. The summed E-state index contributed by atoms with van der Waals surface area (Å²) in [6.45, 7) is 0.501. The van der Waals surface area contributed by atoms with Crippen molar-refractivity contribution < 1.29 is 4.42 Å². The average molecular weight is 328 g/mol. The van der Waals surface area contributed by atoms with Gasteiger partial charge in [0.15, 0.2) is 5.11 Å². The lowest BCUT2D eigenvalue weighted by molar-refractivity contribution is 0.502. The van der Waals surface area contributed by atoms with Crippen molar-refractivity contribution in [1.82, 2.24) is 10.7 Å². The highest BCUT2D eigenvalue weighted by molar-refractivity contribution is 7.80. The van der Waals surface area contributed by atoms with Crippen LogP contribution in [0.4, 0.5) is 0 Å². The highest BCUT2D eigenvalue weighted by atomic mass is 35.5. The molecule has 0 saturated heterocycles. The van der Waals surface area contributed by atoms with Gasteiger partial charge in [-0.05, 0) is 42.0 Å². The Morgan fingerprint density at radius 1 is 1.30 bits per heavy atom. The van der Waals surface area contributed by atoms with E-state index in [1.54, 1.807) is 30.7 Å². The van der Waals surface area contributed by atoms with E-state index in [4.69, 9.17) is 39.8 Å². The first kappa shape index (κ1) is 14.8. The Hall–Kier alpha value is -1.56. The standard InChI is InChI=1S/C13H11Cl2N3OS/c14-11-4-3-9(6-12(11)15)7-17-18-13(20)16-8-10-2-1-5-19-10/h1-7H,8H2,(H2,16,18,20)/b17-7-. The van der Waals surface area contributed by atoms with E-state index in [1.807, 2.05) is 12.1 Å². The first-order chi connectivity index (χ1) is 9.65. The van der Waals surface area contributed by atoms with E-state index in [2.05, 4.69) is 15.8 Å². The fourth-order valence-corrected chi connectivity index (χ4v) is 1.81. The third-order valence-corrected chi connectivity index (χ3v) is 3.30. The second kappa shape index (κ2) is 7.28. The van der Waals surface area contributed by atoms with Gasteiger partial charge in [0, 0.05) is 0 Å². The van der Waals surface area contributed by atoms with Gasteiger partial charge < -0.3 is 9.73 Å². The fourth-order valence-electron chi connectivity index (χ4n) is 1.38. The molecular formula is C13H11Cl2N3OS. The smallest absolute Gasteiger partial charge is 0.187 e. The van der Waals surface area contributed by atoms with Gasteiger partial charge in [0.25, 0.3) is 0 Å². The van der Waals surface area contributed by atoms with E-state index in [0.29, 0.717) is 21.7 Å². The molecule has 1 heterocycles. The minimum Gasteiger partial charge on any atom is -0.467 e. The molecule has 2 aromatic rings. The van der Waals surface area contributed by atoms with Gasteiger partial charge in [0.05, 0.1) is 29.1 Å². The van der Waals surface area contributed by atoms with Crippen LogP contribution in [-0.2, 0) is 6.54 Å². The predicted molar refractivity (Wildman–Crippen MR) is 85.3 cm³/mol. The molecule has 0 radical (unpaired) electrons. The third kappa shape index (κ3) is 4.52. The summed E-state index contributed by atoms with van der Waals surface area (Å²) in [5, 5.41) is 8.35. The first-order valence-electron chi connectivity index (χ1n) is 5.69. The quantitative estimate of drug-likeness (QED) is 0.512. The Labute approximate surface area is 131 Å². The number of furan rings is 1. The van der Waals surface area contributed by atoms with E-state index in [-0.39, 0.29) is 0 Å². The number of hydrogen-bond acceptors (Lipinski definition) is 3. The SMILES string of the molecule is S=C(NCc1ccco1)N/N=C\c1ccc(Cl)c(Cl)c1. The average Bonchev–Trinajstić information content (AvgIpc) is 2.94. The molecule has 0 aliphatic heterocycles. The molecule has 0 atom stereocenters. The number of thiocarbonyl (C=S) groups is 1. The van der Waals surface area contributed by atoms with E-state index in [9.17, 15) is 0 Å². The summed E-state index contributed by atoms with van der Waals surface area (Å²) in [5.41, 5.74) is 3.52. The number of rotatable bonds is 4. The Kier molecular flexibility index (Phi) is 5.40. The molecule has 2 rings (SSSR count). The van der Waals surface area contributed by atoms with Crippen LogP contribution in [0.1, 0.15) is 11.3 Å². The van der Waals surface area contributed by atoms with Crippen molar-refractivity contribution >= 4 is 46.7 Å². The van der Waals surface area contributed by atoms with Crippen molar-refractivity contribution in [2.75, 3.05) is 0 Å². The van der Waals surface area contributed by atoms with Crippen molar-refractivity contribution in [3.63, 3.8) is 0 Å². The monoisotopic (exact) mass is 327 g/mol. The molecule has 0 fully saturated rings. The Morgan fingerprint density at radius 2 is 2.15 bits per heavy atom. The Balaban J connectivity index is 1.80. The van der Waals surface area contributed by atoms with Gasteiger partial charge >= 0.3 is 0 Å². The van der Waals surface area contributed by atoms with Gasteiger partial charge in [-0.1, -0.05) is 29.3 Å². The van der Waals surface area contributed by atoms with Gasteiger partial charge in [0.2, 0.25) is 0 Å². The number of nitrogens with zero attached hydrogens (tertiary/aromatic N) is 1. The van der Waals surface area contributed by atoms with Crippen LogP contribution in [0.15, 0.2) is 46.1 Å². The number of hydrogen-bond donors (Lipinski definition) is 2. The van der Waals surface area contributed by atoms with E-state index >= 15 is 0 Å². The normalized spacial score (nSPS) is 10.7. The molecule has 0 amide bonds. The molecule has 20 heavy (non-hydrogen) atoms. The van der Waals surface area contributed by atoms with Gasteiger partial charge in [-0.15, -0.1) is 0 Å². The van der Waals surface area contributed by atoms with Crippen molar-refractivity contribution in [3.05, 3.63) is 58.0 Å². The van der Waals surface area contributed by atoms with Crippen molar-refractivity contribution in [3.8, 4) is 0 Å². The van der Waals surface area contributed by atoms with Gasteiger partial charge in [-0.25, -0.2) is 0 Å². The van der Waals surface area contributed by atoms with Gasteiger partial charge in [0.1, 0.15) is 5.76 Å². The largest absolute Gasteiger partial charge is 0.467 e. The van der Waals surface area contributed by atoms with Gasteiger partial charge in [-0.2, -0.15) is 5.10 Å². The topological polar surface area (TPSA) is 49.6 Å². The van der Waals surface area contributed by atoms with Crippen LogP contribution >= 0.6 is 35.4 Å². The molecule has 1 aromatic carbocycles. The van der Waals surface area contributed by atoms with Crippen molar-refractivity contribution in [2.45, 2.75) is 6.54 Å². The van der Waals surface area contributed by atoms with Crippen LogP contribution in [0.3, 0.4) is 0 Å². The summed E-state index contributed by atoms with van der Waals surface area (Å²) < 4.78 is 5.17. The molecule has 0 saturated carbocycles. The zero-order valence-electron chi connectivity index (χ0n) is 10.3. The fraction of sp³-hybridized carbons (Fsp3) is 0.0769. The zero-order valence-corrected chi connectivity index (χ0v) is 12.6. The molecule has 0 bridgehead atoms. The summed E-state index contributed by atoms with van der Waals surface area (Å²) in [7, 11) is 0. The maximum atomic E-state index is 5.90. The molecule has 104 valence electrons. The molecular weight excluding hydrogens is 317 g/mol. The van der Waals surface area contributed by atoms with Crippen molar-refractivity contribution in [1.29, 1.82) is 0 Å². The molecule has 2 N–H and O–H groups in total. The van der Waals surface area contributed by atoms with Crippen LogP contribution in [0.2, 0.25) is 10.0 Å². The summed E-state index contributed by atoms with van der Waals surface area (Å²) in [5.74, 6) is 0.794. The molecule has 0 aliphatic carbocycles. The molecule has 0 aliphatic rings. The summed E-state index contributed by atoms with van der Waals surface area (Å²) in [4.78, 5) is 0. The first-order valence-corrected chi connectivity index (χ1v) is 6.86. The van der Waals surface area contributed by atoms with Crippen LogP contribution < -0.4 is 10.7 Å². The predicted octanol–water partition coefficient (Wildman–Crippen LogP) is 3.58. The number of halogens is 2. The van der Waals surface area contributed by atoms with Crippen LogP contribution in [-0.4, -0.2) is 11.3 Å². The summed E-state index contributed by atoms with van der Waals surface area (Å²) >= 11 is 16.8. The molecule has 7 heteroatoms. The summed E-state index contributed by atoms with van der Waals surface area (Å²) in [6, 6.07) is 8.90. The number of benzene rings is 1. The minimum atomic E-state index is 0.401. The van der Waals surface area contributed by atoms with Gasteiger partial charge in [-0.3, -0.25) is 5.43 Å². The van der Waals surface area contributed by atoms with E-state index in [1.165, 1.54) is 0 Å². The lowest BCUT2D eigenvalue weighted by Gasteiger charge is -2.04. The van der Waals surface area contributed by atoms with E-state index < -0.39 is 0 Å². The molecule has 1 aromatic heterocycles.